The summed E-state index contributed by atoms with van der Waals surface area (Å²) in [4.78, 5) is 1.74. The van der Waals surface area contributed by atoms with Crippen LogP contribution in [0.2, 0.25) is 0 Å². The summed E-state index contributed by atoms with van der Waals surface area (Å²) in [7, 11) is -8.11. The Bertz CT molecular complexity index is 1390. The number of aryl methyl sites for hydroxylation is 1. The molecular formula is C28H34N2O6S2. The maximum atomic E-state index is 11.2. The smallest absolute Gasteiger partial charge is 0.265 e. The average Bonchev–Trinajstić information content (AvgIpc) is 2.90. The lowest BCUT2D eigenvalue weighted by Crippen LogP contribution is -2.42. The third-order valence-electron chi connectivity index (χ3n) is 6.29. The summed E-state index contributed by atoms with van der Waals surface area (Å²) in [6, 6.07) is 24.0. The van der Waals surface area contributed by atoms with Crippen molar-refractivity contribution in [2.24, 2.45) is 0 Å². The van der Waals surface area contributed by atoms with Gasteiger partial charge in [0.05, 0.1) is 5.75 Å². The largest absolute Gasteiger partial charge is 0.747 e. The van der Waals surface area contributed by atoms with Crippen LogP contribution in [0.1, 0.15) is 31.7 Å². The maximum Gasteiger partial charge on any atom is 0.265 e. The van der Waals surface area contributed by atoms with Crippen molar-refractivity contribution < 1.29 is 30.5 Å². The highest BCUT2D eigenvalue weighted by Gasteiger charge is 2.24. The summed E-state index contributed by atoms with van der Waals surface area (Å²) in [6.07, 6.45) is 7.34. The zero-order valence-electron chi connectivity index (χ0n) is 21.4. The highest BCUT2D eigenvalue weighted by Crippen LogP contribution is 2.24. The lowest BCUT2D eigenvalue weighted by atomic mass is 9.99. The van der Waals surface area contributed by atoms with Crippen LogP contribution < -0.4 is 4.57 Å². The Hall–Kier alpha value is -2.89. The van der Waals surface area contributed by atoms with Crippen molar-refractivity contribution in [3.05, 3.63) is 96.8 Å². The van der Waals surface area contributed by atoms with E-state index in [0.29, 0.717) is 32.5 Å². The van der Waals surface area contributed by atoms with Gasteiger partial charge in [0.25, 0.3) is 10.1 Å². The fourth-order valence-corrected chi connectivity index (χ4v) is 5.82. The third-order valence-corrected chi connectivity index (χ3v) is 8.39. The van der Waals surface area contributed by atoms with Gasteiger partial charge in [-0.05, 0) is 35.1 Å². The average molecular weight is 559 g/mol. The maximum absolute atomic E-state index is 11.2. The molecule has 2 heterocycles. The summed E-state index contributed by atoms with van der Waals surface area (Å²) in [6.45, 7) is 3.43. The predicted molar refractivity (Wildman–Crippen MR) is 147 cm³/mol. The molecule has 3 aromatic rings. The molecule has 1 aliphatic rings. The highest BCUT2D eigenvalue weighted by molar-refractivity contribution is 7.86. The van der Waals surface area contributed by atoms with Crippen LogP contribution >= 0.6 is 0 Å². The Morgan fingerprint density at radius 2 is 1.45 bits per heavy atom. The summed E-state index contributed by atoms with van der Waals surface area (Å²) in [5.41, 5.74) is 4.65. The monoisotopic (exact) mass is 558 g/mol. The van der Waals surface area contributed by atoms with Gasteiger partial charge >= 0.3 is 0 Å². The SMILES string of the molecule is CCC(N1CC=C(c2ccccc2)CC1)S(=O)(=O)[O-].O=S(=O)(O)CCC[n+]1ccc(-c2ccccc2)cc1. The molecular weight excluding hydrogens is 524 g/mol. The molecule has 38 heavy (non-hydrogen) atoms. The number of benzene rings is 2. The van der Waals surface area contributed by atoms with E-state index in [1.54, 1.807) is 11.8 Å². The van der Waals surface area contributed by atoms with E-state index in [1.807, 2.05) is 95.8 Å². The second kappa shape index (κ2) is 13.8. The standard InChI is InChI=1S/C14H19NO3S.C14H15NO3S/c1-2-14(19(16,17)18)15-10-8-13(9-11-15)12-6-4-3-5-7-12;16-19(17,18)12-4-9-15-10-7-14(8-11-15)13-5-2-1-3-6-13/h3-8,14H,2,9-11H2,1H3,(H,16,17,18);1-3,5-8,10-11H,4,9,12H2. The van der Waals surface area contributed by atoms with Gasteiger partial charge in [0.1, 0.15) is 22.0 Å². The third kappa shape index (κ3) is 9.45. The van der Waals surface area contributed by atoms with Crippen LogP contribution in [0.4, 0.5) is 0 Å². The van der Waals surface area contributed by atoms with E-state index in [1.165, 1.54) is 11.1 Å². The van der Waals surface area contributed by atoms with E-state index in [4.69, 9.17) is 4.55 Å². The molecule has 0 aliphatic carbocycles. The lowest BCUT2D eigenvalue weighted by molar-refractivity contribution is -0.696. The van der Waals surface area contributed by atoms with E-state index < -0.39 is 25.6 Å². The van der Waals surface area contributed by atoms with Crippen molar-refractivity contribution in [1.29, 1.82) is 0 Å². The molecule has 1 unspecified atom stereocenters. The van der Waals surface area contributed by atoms with Crippen molar-refractivity contribution in [3.63, 3.8) is 0 Å². The van der Waals surface area contributed by atoms with E-state index in [-0.39, 0.29) is 5.75 Å². The zero-order chi connectivity index (χ0) is 27.6. The summed E-state index contributed by atoms with van der Waals surface area (Å²) >= 11 is 0. The van der Waals surface area contributed by atoms with Crippen LogP contribution in [0.3, 0.4) is 0 Å². The van der Waals surface area contributed by atoms with Crippen LogP contribution in [0.5, 0.6) is 0 Å². The molecule has 2 aromatic carbocycles. The first-order chi connectivity index (χ1) is 18.1. The van der Waals surface area contributed by atoms with Gasteiger partial charge in [-0.15, -0.1) is 0 Å². The van der Waals surface area contributed by atoms with Crippen LogP contribution in [-0.4, -0.2) is 55.1 Å². The number of pyridine rings is 1. The number of aromatic nitrogens is 1. The molecule has 0 spiro atoms. The van der Waals surface area contributed by atoms with E-state index in [2.05, 4.69) is 0 Å². The van der Waals surface area contributed by atoms with Crippen molar-refractivity contribution in [1.82, 2.24) is 4.90 Å². The first-order valence-corrected chi connectivity index (χ1v) is 15.6. The van der Waals surface area contributed by atoms with Gasteiger partial charge in [-0.25, -0.2) is 13.0 Å². The normalized spacial score (nSPS) is 15.2. The van der Waals surface area contributed by atoms with E-state index >= 15 is 0 Å². The second-order valence-electron chi connectivity index (χ2n) is 9.03. The summed E-state index contributed by atoms with van der Waals surface area (Å²) in [5.74, 6) is -0.208. The molecule has 10 heteroatoms. The second-order valence-corrected chi connectivity index (χ2v) is 12.1. The van der Waals surface area contributed by atoms with Gasteiger partial charge in [0, 0.05) is 31.6 Å². The van der Waals surface area contributed by atoms with Gasteiger partial charge in [0.15, 0.2) is 12.4 Å². The topological polar surface area (TPSA) is 119 Å². The first-order valence-electron chi connectivity index (χ1n) is 12.5. The van der Waals surface area contributed by atoms with E-state index in [0.717, 1.165) is 17.5 Å². The van der Waals surface area contributed by atoms with Crippen LogP contribution in [0.15, 0.2) is 91.3 Å². The van der Waals surface area contributed by atoms with Gasteiger partial charge in [-0.2, -0.15) is 8.42 Å². The molecule has 1 aliphatic heterocycles. The number of rotatable bonds is 9. The number of hydrogen-bond donors (Lipinski definition) is 1. The van der Waals surface area contributed by atoms with Gasteiger partial charge < -0.3 is 4.55 Å². The minimum Gasteiger partial charge on any atom is -0.747 e. The first kappa shape index (κ1) is 29.7. The van der Waals surface area contributed by atoms with Crippen LogP contribution in [-0.2, 0) is 26.8 Å². The molecule has 0 bridgehead atoms. The Kier molecular flexibility index (Phi) is 10.7. The Labute approximate surface area is 225 Å². The minimum atomic E-state index is -4.25. The lowest BCUT2D eigenvalue weighted by Gasteiger charge is -2.34. The fraction of sp³-hybridized carbons (Fsp3) is 0.321. The molecule has 0 radical (unpaired) electrons. The van der Waals surface area contributed by atoms with Gasteiger partial charge in [-0.1, -0.05) is 73.7 Å². The molecule has 204 valence electrons. The molecule has 4 rings (SSSR count). The van der Waals surface area contributed by atoms with Crippen molar-refractivity contribution in [2.75, 3.05) is 18.8 Å². The molecule has 0 amide bonds. The molecule has 0 fully saturated rings. The van der Waals surface area contributed by atoms with Crippen molar-refractivity contribution in [2.45, 2.75) is 38.1 Å². The van der Waals surface area contributed by atoms with Crippen molar-refractivity contribution >= 4 is 25.8 Å². The Balaban J connectivity index is 0.000000211. The van der Waals surface area contributed by atoms with Gasteiger partial charge in [0.2, 0.25) is 0 Å². The van der Waals surface area contributed by atoms with Crippen LogP contribution in [0, 0.1) is 0 Å². The summed E-state index contributed by atoms with van der Waals surface area (Å²) < 4.78 is 65.4. The number of hydrogen-bond acceptors (Lipinski definition) is 6. The Morgan fingerprint density at radius 1 is 0.895 bits per heavy atom. The van der Waals surface area contributed by atoms with Gasteiger partial charge in [-0.3, -0.25) is 9.45 Å². The highest BCUT2D eigenvalue weighted by atomic mass is 32.2. The predicted octanol–water partition coefficient (Wildman–Crippen LogP) is 3.98. The van der Waals surface area contributed by atoms with Crippen molar-refractivity contribution in [3.8, 4) is 11.1 Å². The zero-order valence-corrected chi connectivity index (χ0v) is 23.0. The van der Waals surface area contributed by atoms with Crippen LogP contribution in [0.25, 0.3) is 16.7 Å². The molecule has 1 atom stereocenters. The minimum absolute atomic E-state index is 0.208. The summed E-state index contributed by atoms with van der Waals surface area (Å²) in [5, 5.41) is -0.902. The quantitative estimate of drug-likeness (QED) is 0.312. The van der Waals surface area contributed by atoms with E-state index in [9.17, 15) is 21.4 Å². The number of nitrogens with zero attached hydrogens (tertiary/aromatic N) is 2. The molecule has 1 aromatic heterocycles. The fourth-order valence-electron chi connectivity index (χ4n) is 4.36. The molecule has 0 saturated heterocycles. The molecule has 8 nitrogen and oxygen atoms in total. The Morgan fingerprint density at radius 3 is 1.92 bits per heavy atom. The molecule has 1 N–H and O–H groups in total. The molecule has 0 saturated carbocycles.